The molecule has 0 spiro atoms. The van der Waals surface area contributed by atoms with Gasteiger partial charge in [0.1, 0.15) is 6.33 Å². The van der Waals surface area contributed by atoms with Crippen molar-refractivity contribution in [2.75, 3.05) is 5.32 Å². The first-order chi connectivity index (χ1) is 12.4. The second-order valence-electron chi connectivity index (χ2n) is 6.11. The molecule has 0 aliphatic heterocycles. The molecule has 0 unspecified atom stereocenters. The maximum Gasteiger partial charge on any atom is 0.116 e. The van der Waals surface area contributed by atoms with Gasteiger partial charge in [0.15, 0.2) is 0 Å². The second kappa shape index (κ2) is 5.56. The molecule has 25 heavy (non-hydrogen) atoms. The van der Waals surface area contributed by atoms with Crippen molar-refractivity contribution >= 4 is 43.8 Å². The first kappa shape index (κ1) is 13.9. The van der Waals surface area contributed by atoms with Crippen LogP contribution in [-0.2, 0) is 0 Å². The largest absolute Gasteiger partial charge is 0.355 e. The van der Waals surface area contributed by atoms with E-state index >= 15 is 0 Å². The van der Waals surface area contributed by atoms with E-state index in [0.717, 1.165) is 22.3 Å². The predicted molar refractivity (Wildman–Crippen MR) is 104 cm³/mol. The zero-order valence-corrected chi connectivity index (χ0v) is 13.5. The average molecular weight is 321 g/mol. The van der Waals surface area contributed by atoms with Crippen LogP contribution in [0.5, 0.6) is 0 Å². The van der Waals surface area contributed by atoms with Crippen LogP contribution in [0, 0.1) is 0 Å². The Labute approximate surface area is 145 Å². The summed E-state index contributed by atoms with van der Waals surface area (Å²) >= 11 is 0. The Bertz CT molecular complexity index is 1210. The van der Waals surface area contributed by atoms with E-state index in [9.17, 15) is 0 Å². The van der Waals surface area contributed by atoms with Crippen LogP contribution in [0.2, 0.25) is 0 Å². The molecule has 4 aromatic carbocycles. The summed E-state index contributed by atoms with van der Waals surface area (Å²) in [6.45, 7) is 0. The molecule has 1 aromatic heterocycles. The lowest BCUT2D eigenvalue weighted by Gasteiger charge is -2.12. The van der Waals surface area contributed by atoms with Gasteiger partial charge in [0.25, 0.3) is 0 Å². The summed E-state index contributed by atoms with van der Waals surface area (Å²) in [6.07, 6.45) is 3.49. The molecule has 0 fully saturated rings. The van der Waals surface area contributed by atoms with Gasteiger partial charge < -0.3 is 5.32 Å². The number of benzene rings is 4. The highest BCUT2D eigenvalue weighted by molar-refractivity contribution is 6.13. The number of para-hydroxylation sites is 1. The lowest BCUT2D eigenvalue weighted by molar-refractivity contribution is 1.23. The van der Waals surface area contributed by atoms with Crippen molar-refractivity contribution in [1.29, 1.82) is 0 Å². The van der Waals surface area contributed by atoms with Crippen molar-refractivity contribution in [2.24, 2.45) is 0 Å². The van der Waals surface area contributed by atoms with E-state index in [1.54, 1.807) is 6.33 Å². The number of fused-ring (bicyclic) bond motifs is 4. The number of hydrogen-bond donors (Lipinski definition) is 1. The van der Waals surface area contributed by atoms with Gasteiger partial charge >= 0.3 is 0 Å². The van der Waals surface area contributed by atoms with E-state index in [0.29, 0.717) is 0 Å². The molecule has 0 atom stereocenters. The number of nitrogens with one attached hydrogen (secondary N) is 1. The quantitative estimate of drug-likeness (QED) is 0.336. The fourth-order valence-electron chi connectivity index (χ4n) is 3.35. The van der Waals surface area contributed by atoms with Crippen LogP contribution in [0.1, 0.15) is 0 Å². The minimum Gasteiger partial charge on any atom is -0.355 e. The molecule has 1 heterocycles. The Hall–Kier alpha value is -3.46. The molecule has 0 radical (unpaired) electrons. The Balaban J connectivity index is 1.79. The highest BCUT2D eigenvalue weighted by Gasteiger charge is 2.07. The minimum absolute atomic E-state index is 0.968. The monoisotopic (exact) mass is 321 g/mol. The smallest absolute Gasteiger partial charge is 0.116 e. The van der Waals surface area contributed by atoms with Gasteiger partial charge in [-0.2, -0.15) is 0 Å². The lowest BCUT2D eigenvalue weighted by Crippen LogP contribution is -1.91. The van der Waals surface area contributed by atoms with Crippen LogP contribution < -0.4 is 5.32 Å². The Morgan fingerprint density at radius 1 is 0.680 bits per heavy atom. The minimum atomic E-state index is 0.968. The summed E-state index contributed by atoms with van der Waals surface area (Å²) in [6, 6.07) is 25.2. The normalized spacial score (nSPS) is 11.2. The van der Waals surface area contributed by atoms with Crippen LogP contribution in [0.3, 0.4) is 0 Å². The molecule has 0 bridgehead atoms. The van der Waals surface area contributed by atoms with Crippen LogP contribution in [0.4, 0.5) is 11.4 Å². The second-order valence-corrected chi connectivity index (χ2v) is 6.11. The van der Waals surface area contributed by atoms with Crippen LogP contribution in [-0.4, -0.2) is 9.97 Å². The van der Waals surface area contributed by atoms with E-state index in [1.165, 1.54) is 21.5 Å². The zero-order chi connectivity index (χ0) is 16.6. The predicted octanol–water partition coefficient (Wildman–Crippen LogP) is 5.68. The van der Waals surface area contributed by atoms with Gasteiger partial charge in [0, 0.05) is 28.3 Å². The summed E-state index contributed by atoms with van der Waals surface area (Å²) < 4.78 is 0. The van der Waals surface area contributed by atoms with E-state index in [1.807, 2.05) is 24.4 Å². The lowest BCUT2D eigenvalue weighted by atomic mass is 10.00. The standard InChI is InChI=1S/C22H15N3/c1-2-6-17(7-3-1)25-22-8-4-5-15-11-16-9-10-21-20(13-23-14-24-21)18(16)12-19(15)22/h1-14,25H. The molecule has 0 amide bonds. The first-order valence-corrected chi connectivity index (χ1v) is 8.26. The molecule has 1 N–H and O–H groups in total. The van der Waals surface area contributed by atoms with E-state index in [4.69, 9.17) is 0 Å². The van der Waals surface area contributed by atoms with E-state index in [2.05, 4.69) is 69.9 Å². The number of rotatable bonds is 2. The molecule has 118 valence electrons. The maximum atomic E-state index is 4.37. The van der Waals surface area contributed by atoms with Gasteiger partial charge in [-0.25, -0.2) is 9.97 Å². The zero-order valence-electron chi connectivity index (χ0n) is 13.5. The van der Waals surface area contributed by atoms with Crippen molar-refractivity contribution in [3.05, 3.63) is 85.3 Å². The van der Waals surface area contributed by atoms with Crippen molar-refractivity contribution < 1.29 is 0 Å². The molecule has 3 heteroatoms. The third-order valence-corrected chi connectivity index (χ3v) is 4.56. The highest BCUT2D eigenvalue weighted by atomic mass is 14.9. The van der Waals surface area contributed by atoms with Crippen molar-refractivity contribution in [3.63, 3.8) is 0 Å². The fourth-order valence-corrected chi connectivity index (χ4v) is 3.35. The van der Waals surface area contributed by atoms with Crippen LogP contribution in [0.25, 0.3) is 32.4 Å². The fraction of sp³-hybridized carbons (Fsp3) is 0. The summed E-state index contributed by atoms with van der Waals surface area (Å²) in [4.78, 5) is 8.58. The van der Waals surface area contributed by atoms with Gasteiger partial charge in [0.2, 0.25) is 0 Å². The van der Waals surface area contributed by atoms with Gasteiger partial charge in [-0.1, -0.05) is 36.4 Å². The SMILES string of the molecule is c1ccc(Nc2cccc3cc4ccc5ncncc5c4cc23)cc1. The molecule has 0 saturated heterocycles. The summed E-state index contributed by atoms with van der Waals surface area (Å²) in [7, 11) is 0. The van der Waals surface area contributed by atoms with E-state index < -0.39 is 0 Å². The van der Waals surface area contributed by atoms with Crippen molar-refractivity contribution in [3.8, 4) is 0 Å². The van der Waals surface area contributed by atoms with Crippen molar-refractivity contribution in [2.45, 2.75) is 0 Å². The number of aromatic nitrogens is 2. The average Bonchev–Trinajstić information content (AvgIpc) is 2.68. The Kier molecular flexibility index (Phi) is 3.10. The van der Waals surface area contributed by atoms with E-state index in [-0.39, 0.29) is 0 Å². The summed E-state index contributed by atoms with van der Waals surface area (Å²) in [5.74, 6) is 0. The Morgan fingerprint density at radius 2 is 1.56 bits per heavy atom. The number of hydrogen-bond acceptors (Lipinski definition) is 3. The third-order valence-electron chi connectivity index (χ3n) is 4.56. The first-order valence-electron chi connectivity index (χ1n) is 8.26. The van der Waals surface area contributed by atoms with Gasteiger partial charge in [-0.15, -0.1) is 0 Å². The number of nitrogens with zero attached hydrogens (tertiary/aromatic N) is 2. The van der Waals surface area contributed by atoms with Crippen molar-refractivity contribution in [1.82, 2.24) is 9.97 Å². The van der Waals surface area contributed by atoms with Gasteiger partial charge in [0.05, 0.1) is 5.52 Å². The molecular formula is C22H15N3. The number of anilines is 2. The summed E-state index contributed by atoms with van der Waals surface area (Å²) in [5, 5.41) is 9.39. The molecule has 5 aromatic rings. The Morgan fingerprint density at radius 3 is 2.48 bits per heavy atom. The van der Waals surface area contributed by atoms with Crippen LogP contribution in [0.15, 0.2) is 85.3 Å². The maximum absolute atomic E-state index is 4.37. The van der Waals surface area contributed by atoms with Gasteiger partial charge in [-0.05, 0) is 52.6 Å². The molecule has 0 aliphatic rings. The highest BCUT2D eigenvalue weighted by Crippen LogP contribution is 2.33. The van der Waals surface area contributed by atoms with Gasteiger partial charge in [-0.3, -0.25) is 0 Å². The molecule has 3 nitrogen and oxygen atoms in total. The molecule has 5 rings (SSSR count). The van der Waals surface area contributed by atoms with Crippen LogP contribution >= 0.6 is 0 Å². The molecule has 0 saturated carbocycles. The molecular weight excluding hydrogens is 306 g/mol. The summed E-state index contributed by atoms with van der Waals surface area (Å²) in [5.41, 5.74) is 3.14. The molecule has 0 aliphatic carbocycles. The third kappa shape index (κ3) is 2.37. The topological polar surface area (TPSA) is 37.8 Å².